The number of benzene rings is 2. The average Bonchev–Trinajstić information content (AvgIpc) is 2.70. The van der Waals surface area contributed by atoms with Crippen LogP contribution >= 0.6 is 0 Å². The van der Waals surface area contributed by atoms with E-state index < -0.39 is 11.7 Å². The van der Waals surface area contributed by atoms with Gasteiger partial charge in [0.05, 0.1) is 36.7 Å². The number of nitrogens with zero attached hydrogens (tertiary/aromatic N) is 2. The summed E-state index contributed by atoms with van der Waals surface area (Å²) in [6.07, 6.45) is 0. The number of carbonyl (C=O) groups excluding carboxylic acids is 1. The number of hydrogen-bond acceptors (Lipinski definition) is 5. The molecule has 2 aromatic carbocycles. The van der Waals surface area contributed by atoms with Gasteiger partial charge < -0.3 is 19.4 Å². The number of aromatic nitrogens is 2. The molecule has 0 unspecified atom stereocenters. The Hall–Kier alpha value is -3.26. The second-order valence-corrected chi connectivity index (χ2v) is 6.10. The van der Waals surface area contributed by atoms with Gasteiger partial charge in [0.25, 0.3) is 11.5 Å². The zero-order valence-electron chi connectivity index (χ0n) is 15.6. The Bertz CT molecular complexity index is 1050. The summed E-state index contributed by atoms with van der Waals surface area (Å²) in [7, 11) is 2.93. The Balaban J connectivity index is 1.92. The Morgan fingerprint density at radius 2 is 2.00 bits per heavy atom. The third kappa shape index (κ3) is 4.17. The standard InChI is InChI=1S/C20H20FN3O4/c1-27-10-9-24(20(26)14-8-7-13(28-2)11-16(14)21)12-18-22-17-6-4-3-5-15(17)19(25)23-18/h3-8,11H,9-10,12H2,1-2H3,(H,22,23,25). The molecule has 0 saturated heterocycles. The van der Waals surface area contributed by atoms with E-state index in [0.29, 0.717) is 22.5 Å². The third-order valence-electron chi connectivity index (χ3n) is 4.26. The molecule has 3 rings (SSSR count). The maximum absolute atomic E-state index is 14.3. The van der Waals surface area contributed by atoms with Crippen LogP contribution in [0.3, 0.4) is 0 Å². The summed E-state index contributed by atoms with van der Waals surface area (Å²) < 4.78 is 24.4. The number of rotatable bonds is 7. The van der Waals surface area contributed by atoms with Crippen molar-refractivity contribution in [2.75, 3.05) is 27.4 Å². The number of para-hydroxylation sites is 1. The molecule has 7 nitrogen and oxygen atoms in total. The number of halogens is 1. The molecule has 0 saturated carbocycles. The van der Waals surface area contributed by atoms with E-state index in [1.807, 2.05) is 0 Å². The molecular formula is C20H20FN3O4. The lowest BCUT2D eigenvalue weighted by Gasteiger charge is -2.22. The van der Waals surface area contributed by atoms with Gasteiger partial charge >= 0.3 is 0 Å². The van der Waals surface area contributed by atoms with Gasteiger partial charge in [-0.15, -0.1) is 0 Å². The second-order valence-electron chi connectivity index (χ2n) is 6.10. The first-order valence-corrected chi connectivity index (χ1v) is 8.63. The van der Waals surface area contributed by atoms with Gasteiger partial charge in [-0.05, 0) is 24.3 Å². The molecule has 28 heavy (non-hydrogen) atoms. The van der Waals surface area contributed by atoms with E-state index in [1.54, 1.807) is 24.3 Å². The summed E-state index contributed by atoms with van der Waals surface area (Å²) >= 11 is 0. The fourth-order valence-electron chi connectivity index (χ4n) is 2.81. The maximum Gasteiger partial charge on any atom is 0.258 e. The van der Waals surface area contributed by atoms with Crippen LogP contribution in [0.4, 0.5) is 4.39 Å². The van der Waals surface area contributed by atoms with Gasteiger partial charge in [0.1, 0.15) is 17.4 Å². The van der Waals surface area contributed by atoms with Crippen molar-refractivity contribution < 1.29 is 18.7 Å². The van der Waals surface area contributed by atoms with Crippen molar-refractivity contribution in [3.8, 4) is 5.75 Å². The molecule has 0 spiro atoms. The van der Waals surface area contributed by atoms with Gasteiger partial charge in [-0.2, -0.15) is 0 Å². The minimum atomic E-state index is -0.688. The molecule has 3 aromatic rings. The Morgan fingerprint density at radius 1 is 1.21 bits per heavy atom. The molecule has 8 heteroatoms. The highest BCUT2D eigenvalue weighted by atomic mass is 19.1. The zero-order chi connectivity index (χ0) is 20.1. The highest BCUT2D eigenvalue weighted by Crippen LogP contribution is 2.18. The molecule has 0 aliphatic heterocycles. The van der Waals surface area contributed by atoms with Crippen molar-refractivity contribution in [3.05, 3.63) is 70.0 Å². The molecule has 0 atom stereocenters. The number of carbonyl (C=O) groups is 1. The number of fused-ring (bicyclic) bond motifs is 1. The predicted octanol–water partition coefficient (Wildman–Crippen LogP) is 2.36. The lowest BCUT2D eigenvalue weighted by Crippen LogP contribution is -2.35. The summed E-state index contributed by atoms with van der Waals surface area (Å²) in [5, 5.41) is 0.460. The van der Waals surface area contributed by atoms with Gasteiger partial charge in [-0.1, -0.05) is 12.1 Å². The first-order valence-electron chi connectivity index (χ1n) is 8.63. The Kier molecular flexibility index (Phi) is 6.00. The van der Waals surface area contributed by atoms with E-state index in [1.165, 1.54) is 31.3 Å². The zero-order valence-corrected chi connectivity index (χ0v) is 15.6. The largest absolute Gasteiger partial charge is 0.497 e. The number of H-pyrrole nitrogens is 1. The van der Waals surface area contributed by atoms with Gasteiger partial charge in [-0.3, -0.25) is 9.59 Å². The average molecular weight is 385 g/mol. The van der Waals surface area contributed by atoms with Gasteiger partial charge in [-0.25, -0.2) is 9.37 Å². The summed E-state index contributed by atoms with van der Waals surface area (Å²) in [6.45, 7) is 0.465. The molecule has 0 aliphatic carbocycles. The van der Waals surface area contributed by atoms with Crippen LogP contribution in [0.2, 0.25) is 0 Å². The number of methoxy groups -OCH3 is 2. The smallest absolute Gasteiger partial charge is 0.258 e. The van der Waals surface area contributed by atoms with Crippen molar-refractivity contribution in [1.29, 1.82) is 0 Å². The van der Waals surface area contributed by atoms with E-state index in [2.05, 4.69) is 9.97 Å². The Labute approximate surface area is 160 Å². The van der Waals surface area contributed by atoms with Crippen LogP contribution in [-0.4, -0.2) is 48.1 Å². The molecule has 0 fully saturated rings. The Morgan fingerprint density at radius 3 is 2.71 bits per heavy atom. The van der Waals surface area contributed by atoms with Crippen LogP contribution in [0.25, 0.3) is 10.9 Å². The second kappa shape index (κ2) is 8.62. The topological polar surface area (TPSA) is 84.5 Å². The molecule has 0 radical (unpaired) electrons. The van der Waals surface area contributed by atoms with Crippen LogP contribution in [0, 0.1) is 5.82 Å². The fourth-order valence-corrected chi connectivity index (χ4v) is 2.81. The monoisotopic (exact) mass is 385 g/mol. The van der Waals surface area contributed by atoms with Crippen LogP contribution in [0.1, 0.15) is 16.2 Å². The number of aromatic amines is 1. The first kappa shape index (κ1) is 19.5. The number of hydrogen-bond donors (Lipinski definition) is 1. The minimum Gasteiger partial charge on any atom is -0.497 e. The van der Waals surface area contributed by atoms with Crippen LogP contribution in [0.15, 0.2) is 47.3 Å². The maximum atomic E-state index is 14.3. The molecule has 1 aromatic heterocycles. The summed E-state index contributed by atoms with van der Waals surface area (Å²) in [5.74, 6) is -0.597. The highest BCUT2D eigenvalue weighted by Gasteiger charge is 2.21. The molecular weight excluding hydrogens is 365 g/mol. The van der Waals surface area contributed by atoms with Crippen LogP contribution < -0.4 is 10.3 Å². The third-order valence-corrected chi connectivity index (χ3v) is 4.26. The van der Waals surface area contributed by atoms with Crippen molar-refractivity contribution in [3.63, 3.8) is 0 Å². The number of nitrogens with one attached hydrogen (secondary N) is 1. The van der Waals surface area contributed by atoms with E-state index in [0.717, 1.165) is 6.07 Å². The fraction of sp³-hybridized carbons (Fsp3) is 0.250. The minimum absolute atomic E-state index is 0.00768. The quantitative estimate of drug-likeness (QED) is 0.675. The predicted molar refractivity (Wildman–Crippen MR) is 102 cm³/mol. The lowest BCUT2D eigenvalue weighted by molar-refractivity contribution is 0.0670. The van der Waals surface area contributed by atoms with Gasteiger partial charge in [0, 0.05) is 19.7 Å². The van der Waals surface area contributed by atoms with Crippen molar-refractivity contribution >= 4 is 16.8 Å². The summed E-state index contributed by atoms with van der Waals surface area (Å²) in [5.41, 5.74) is 0.131. The molecule has 1 heterocycles. The number of amides is 1. The summed E-state index contributed by atoms with van der Waals surface area (Å²) in [6, 6.07) is 11.0. The van der Waals surface area contributed by atoms with Crippen LogP contribution in [0.5, 0.6) is 5.75 Å². The van der Waals surface area contributed by atoms with Gasteiger partial charge in [0.15, 0.2) is 0 Å². The lowest BCUT2D eigenvalue weighted by atomic mass is 10.1. The van der Waals surface area contributed by atoms with Crippen molar-refractivity contribution in [2.45, 2.75) is 6.54 Å². The molecule has 1 N–H and O–H groups in total. The molecule has 0 aliphatic rings. The van der Waals surface area contributed by atoms with E-state index in [9.17, 15) is 14.0 Å². The van der Waals surface area contributed by atoms with E-state index in [-0.39, 0.29) is 30.8 Å². The normalized spacial score (nSPS) is 10.8. The molecule has 1 amide bonds. The van der Waals surface area contributed by atoms with Crippen molar-refractivity contribution in [2.24, 2.45) is 0 Å². The van der Waals surface area contributed by atoms with Crippen molar-refractivity contribution in [1.82, 2.24) is 14.9 Å². The van der Waals surface area contributed by atoms with Gasteiger partial charge in [0.2, 0.25) is 0 Å². The molecule has 146 valence electrons. The summed E-state index contributed by atoms with van der Waals surface area (Å²) in [4.78, 5) is 33.6. The molecule has 0 bridgehead atoms. The number of ether oxygens (including phenoxy) is 2. The van der Waals surface area contributed by atoms with Crippen LogP contribution in [-0.2, 0) is 11.3 Å². The van der Waals surface area contributed by atoms with E-state index >= 15 is 0 Å². The SMILES string of the molecule is COCCN(Cc1nc2ccccc2c(=O)[nH]1)C(=O)c1ccc(OC)cc1F. The first-order chi connectivity index (χ1) is 13.5. The van der Waals surface area contributed by atoms with E-state index in [4.69, 9.17) is 9.47 Å². The highest BCUT2D eigenvalue weighted by molar-refractivity contribution is 5.94.